The summed E-state index contributed by atoms with van der Waals surface area (Å²) in [6.45, 7) is 0.0287. The van der Waals surface area contributed by atoms with Gasteiger partial charge in [0.2, 0.25) is 15.9 Å². The number of nitrogens with one attached hydrogen (secondary N) is 2. The molecule has 0 heterocycles. The highest BCUT2D eigenvalue weighted by molar-refractivity contribution is 7.89. The second-order valence-corrected chi connectivity index (χ2v) is 8.31. The monoisotopic (exact) mass is 376 g/mol. The molecule has 2 N–H and O–H groups in total. The predicted octanol–water partition coefficient (Wildman–Crippen LogP) is 2.05. The molecule has 0 unspecified atom stereocenters. The van der Waals surface area contributed by atoms with E-state index in [-0.39, 0.29) is 17.3 Å². The molecule has 0 aliphatic heterocycles. The molecule has 0 bridgehead atoms. The fourth-order valence-electron chi connectivity index (χ4n) is 2.21. The highest BCUT2D eigenvalue weighted by Crippen LogP contribution is 2.18. The Hall–Kier alpha value is -2.58. The van der Waals surface area contributed by atoms with Crippen molar-refractivity contribution < 1.29 is 13.2 Å². The zero-order chi connectivity index (χ0) is 19.3. The van der Waals surface area contributed by atoms with Gasteiger partial charge in [0, 0.05) is 45.3 Å². The summed E-state index contributed by atoms with van der Waals surface area (Å²) in [5.74, 6) is -0.219. The second kappa shape index (κ2) is 8.20. The summed E-state index contributed by atoms with van der Waals surface area (Å²) in [5, 5.41) is 5.74. The SMILES string of the molecule is CN(C)c1ccc(NC(=O)CNc2cccc(S(=O)(=O)N(C)C)c2)cc1. The summed E-state index contributed by atoms with van der Waals surface area (Å²) >= 11 is 0. The number of hydrogen-bond acceptors (Lipinski definition) is 5. The Labute approximate surface area is 154 Å². The molecule has 0 saturated carbocycles. The van der Waals surface area contributed by atoms with Crippen molar-refractivity contribution in [3.8, 4) is 0 Å². The van der Waals surface area contributed by atoms with E-state index in [0.717, 1.165) is 9.99 Å². The summed E-state index contributed by atoms with van der Waals surface area (Å²) in [5.41, 5.74) is 2.30. The first kappa shape index (κ1) is 19.7. The van der Waals surface area contributed by atoms with Gasteiger partial charge in [0.1, 0.15) is 0 Å². The van der Waals surface area contributed by atoms with Crippen LogP contribution in [0.4, 0.5) is 17.1 Å². The maximum Gasteiger partial charge on any atom is 0.243 e. The molecule has 0 fully saturated rings. The molecule has 0 aromatic heterocycles. The molecule has 0 atom stereocenters. The van der Waals surface area contributed by atoms with Crippen molar-refractivity contribution in [2.24, 2.45) is 0 Å². The van der Waals surface area contributed by atoms with Gasteiger partial charge in [-0.15, -0.1) is 0 Å². The quantitative estimate of drug-likeness (QED) is 0.773. The third-order valence-electron chi connectivity index (χ3n) is 3.73. The molecular formula is C18H24N4O3S. The maximum atomic E-state index is 12.2. The van der Waals surface area contributed by atoms with Crippen molar-refractivity contribution in [2.45, 2.75) is 4.90 Å². The van der Waals surface area contributed by atoms with Crippen molar-refractivity contribution in [1.82, 2.24) is 4.31 Å². The Bertz CT molecular complexity index is 862. The van der Waals surface area contributed by atoms with Crippen molar-refractivity contribution in [1.29, 1.82) is 0 Å². The minimum absolute atomic E-state index is 0.0287. The number of carbonyl (C=O) groups is 1. The third-order valence-corrected chi connectivity index (χ3v) is 5.54. The van der Waals surface area contributed by atoms with E-state index in [9.17, 15) is 13.2 Å². The van der Waals surface area contributed by atoms with Crippen LogP contribution in [0.3, 0.4) is 0 Å². The van der Waals surface area contributed by atoms with Crippen LogP contribution in [0.1, 0.15) is 0 Å². The van der Waals surface area contributed by atoms with Gasteiger partial charge in [-0.05, 0) is 42.5 Å². The highest BCUT2D eigenvalue weighted by Gasteiger charge is 2.17. The Morgan fingerprint density at radius 3 is 2.19 bits per heavy atom. The summed E-state index contributed by atoms with van der Waals surface area (Å²) in [6, 6.07) is 13.9. The van der Waals surface area contributed by atoms with Crippen LogP contribution in [0.5, 0.6) is 0 Å². The van der Waals surface area contributed by atoms with Gasteiger partial charge in [-0.25, -0.2) is 12.7 Å². The molecule has 140 valence electrons. The molecule has 8 heteroatoms. The van der Waals surface area contributed by atoms with Crippen LogP contribution in [-0.2, 0) is 14.8 Å². The number of nitrogens with zero attached hydrogens (tertiary/aromatic N) is 2. The van der Waals surface area contributed by atoms with E-state index in [0.29, 0.717) is 11.4 Å². The van der Waals surface area contributed by atoms with Crippen LogP contribution in [0, 0.1) is 0 Å². The summed E-state index contributed by atoms with van der Waals surface area (Å²) in [4.78, 5) is 14.2. The van der Waals surface area contributed by atoms with E-state index < -0.39 is 10.0 Å². The molecule has 0 radical (unpaired) electrons. The lowest BCUT2D eigenvalue weighted by Gasteiger charge is -2.14. The Balaban J connectivity index is 1.97. The van der Waals surface area contributed by atoms with Crippen LogP contribution in [0.15, 0.2) is 53.4 Å². The summed E-state index contributed by atoms with van der Waals surface area (Å²) < 4.78 is 25.5. The first-order valence-corrected chi connectivity index (χ1v) is 9.48. The van der Waals surface area contributed by atoms with Crippen LogP contribution >= 0.6 is 0 Å². The zero-order valence-corrected chi connectivity index (χ0v) is 16.2. The van der Waals surface area contributed by atoms with E-state index >= 15 is 0 Å². The van der Waals surface area contributed by atoms with Gasteiger partial charge in [-0.1, -0.05) is 6.07 Å². The molecule has 2 rings (SSSR count). The zero-order valence-electron chi connectivity index (χ0n) is 15.4. The normalized spacial score (nSPS) is 11.3. The maximum absolute atomic E-state index is 12.2. The Morgan fingerprint density at radius 2 is 1.62 bits per heavy atom. The molecular weight excluding hydrogens is 352 g/mol. The Morgan fingerprint density at radius 1 is 0.962 bits per heavy atom. The minimum Gasteiger partial charge on any atom is -0.378 e. The molecule has 0 saturated heterocycles. The van der Waals surface area contributed by atoms with Gasteiger partial charge in [-0.3, -0.25) is 4.79 Å². The standard InChI is InChI=1S/C18H24N4O3S/c1-21(2)16-10-8-14(9-11-16)20-18(23)13-19-15-6-5-7-17(12-15)26(24,25)22(3)4/h5-12,19H,13H2,1-4H3,(H,20,23). The fourth-order valence-corrected chi connectivity index (χ4v) is 3.16. The Kier molecular flexibility index (Phi) is 6.23. The third kappa shape index (κ3) is 4.96. The second-order valence-electron chi connectivity index (χ2n) is 6.16. The number of anilines is 3. The number of sulfonamides is 1. The van der Waals surface area contributed by atoms with Crippen LogP contribution in [0.2, 0.25) is 0 Å². The van der Waals surface area contributed by atoms with E-state index in [4.69, 9.17) is 0 Å². The van der Waals surface area contributed by atoms with Crippen molar-refractivity contribution in [3.05, 3.63) is 48.5 Å². The number of hydrogen-bond donors (Lipinski definition) is 2. The average molecular weight is 376 g/mol. The van der Waals surface area contributed by atoms with Gasteiger partial charge in [-0.2, -0.15) is 0 Å². The highest BCUT2D eigenvalue weighted by atomic mass is 32.2. The molecule has 2 aromatic carbocycles. The molecule has 0 aliphatic carbocycles. The molecule has 0 spiro atoms. The smallest absolute Gasteiger partial charge is 0.243 e. The average Bonchev–Trinajstić information content (AvgIpc) is 2.60. The van der Waals surface area contributed by atoms with Crippen LogP contribution in [0.25, 0.3) is 0 Å². The first-order valence-electron chi connectivity index (χ1n) is 8.04. The van der Waals surface area contributed by atoms with Crippen molar-refractivity contribution in [2.75, 3.05) is 50.3 Å². The largest absolute Gasteiger partial charge is 0.378 e. The number of amides is 1. The molecule has 7 nitrogen and oxygen atoms in total. The lowest BCUT2D eigenvalue weighted by Crippen LogP contribution is -2.23. The molecule has 1 amide bonds. The summed E-state index contributed by atoms with van der Waals surface area (Å²) in [6.07, 6.45) is 0. The first-order chi connectivity index (χ1) is 12.2. The van der Waals surface area contributed by atoms with Crippen molar-refractivity contribution >= 4 is 33.0 Å². The lowest BCUT2D eigenvalue weighted by molar-refractivity contribution is -0.114. The molecule has 0 aliphatic rings. The van der Waals surface area contributed by atoms with Gasteiger partial charge in [0.05, 0.1) is 11.4 Å². The van der Waals surface area contributed by atoms with Gasteiger partial charge in [0.25, 0.3) is 0 Å². The van der Waals surface area contributed by atoms with E-state index in [1.807, 2.05) is 43.3 Å². The topological polar surface area (TPSA) is 81.8 Å². The van der Waals surface area contributed by atoms with Crippen molar-refractivity contribution in [3.63, 3.8) is 0 Å². The summed E-state index contributed by atoms with van der Waals surface area (Å²) in [7, 11) is 3.34. The fraction of sp³-hybridized carbons (Fsp3) is 0.278. The predicted molar refractivity (Wildman–Crippen MR) is 105 cm³/mol. The molecule has 26 heavy (non-hydrogen) atoms. The molecule has 2 aromatic rings. The minimum atomic E-state index is -3.51. The van der Waals surface area contributed by atoms with Gasteiger partial charge >= 0.3 is 0 Å². The van der Waals surface area contributed by atoms with Crippen LogP contribution in [-0.4, -0.2) is 53.4 Å². The van der Waals surface area contributed by atoms with E-state index in [2.05, 4.69) is 10.6 Å². The van der Waals surface area contributed by atoms with E-state index in [1.165, 1.54) is 26.2 Å². The lowest BCUT2D eigenvalue weighted by atomic mass is 10.2. The number of carbonyl (C=O) groups excluding carboxylic acids is 1. The number of benzene rings is 2. The van der Waals surface area contributed by atoms with Crippen LogP contribution < -0.4 is 15.5 Å². The van der Waals surface area contributed by atoms with Gasteiger partial charge < -0.3 is 15.5 Å². The van der Waals surface area contributed by atoms with Gasteiger partial charge in [0.15, 0.2) is 0 Å². The number of rotatable bonds is 7. The van der Waals surface area contributed by atoms with E-state index in [1.54, 1.807) is 12.1 Å².